The Morgan fingerprint density at radius 2 is 1.81 bits per heavy atom. The van der Waals surface area contributed by atoms with Crippen LogP contribution in [0.2, 0.25) is 0 Å². The number of rotatable bonds is 2. The minimum Gasteiger partial charge on any atom is -0.340 e. The van der Waals surface area contributed by atoms with Crippen LogP contribution in [-0.4, -0.2) is 74.1 Å². The Morgan fingerprint density at radius 3 is 2.59 bits per heavy atom. The van der Waals surface area contributed by atoms with E-state index in [9.17, 15) is 18.0 Å². The normalized spacial score (nSPS) is 26.7. The molecule has 0 bridgehead atoms. The highest BCUT2D eigenvalue weighted by molar-refractivity contribution is 7.89. The number of piperidine rings is 1. The fourth-order valence-electron chi connectivity index (χ4n) is 4.55. The van der Waals surface area contributed by atoms with E-state index >= 15 is 0 Å². The van der Waals surface area contributed by atoms with Gasteiger partial charge in [0.05, 0.1) is 17.4 Å². The van der Waals surface area contributed by atoms with Gasteiger partial charge < -0.3 is 9.80 Å². The molecule has 0 aromatic heterocycles. The molecule has 4 rings (SSSR count). The molecule has 2 atom stereocenters. The van der Waals surface area contributed by atoms with E-state index in [1.54, 1.807) is 31.1 Å². The fourth-order valence-corrected chi connectivity index (χ4v) is 6.08. The van der Waals surface area contributed by atoms with Crippen LogP contribution in [0.4, 0.5) is 0 Å². The van der Waals surface area contributed by atoms with E-state index < -0.39 is 15.9 Å². The lowest BCUT2D eigenvalue weighted by Crippen LogP contribution is -2.54. The number of sulfonamides is 1. The third-order valence-corrected chi connectivity index (χ3v) is 8.06. The maximum atomic E-state index is 13.2. The number of carbonyl (C=O) groups is 2. The molecule has 8 heteroatoms. The van der Waals surface area contributed by atoms with E-state index in [-0.39, 0.29) is 30.9 Å². The van der Waals surface area contributed by atoms with Crippen LogP contribution < -0.4 is 0 Å². The van der Waals surface area contributed by atoms with Gasteiger partial charge in [0.1, 0.15) is 0 Å². The van der Waals surface area contributed by atoms with Gasteiger partial charge in [0.25, 0.3) is 0 Å². The van der Waals surface area contributed by atoms with Gasteiger partial charge in [-0.25, -0.2) is 8.42 Å². The van der Waals surface area contributed by atoms with Gasteiger partial charge in [-0.05, 0) is 48.9 Å². The van der Waals surface area contributed by atoms with Gasteiger partial charge in [-0.1, -0.05) is 6.07 Å². The lowest BCUT2D eigenvalue weighted by atomic mass is 9.91. The van der Waals surface area contributed by atoms with Crippen molar-refractivity contribution in [3.63, 3.8) is 0 Å². The summed E-state index contributed by atoms with van der Waals surface area (Å²) in [4.78, 5) is 28.3. The summed E-state index contributed by atoms with van der Waals surface area (Å²) in [5, 5.41) is 0. The second kappa shape index (κ2) is 6.60. The highest BCUT2D eigenvalue weighted by Crippen LogP contribution is 2.31. The molecule has 7 nitrogen and oxygen atoms in total. The molecule has 2 aliphatic heterocycles. The summed E-state index contributed by atoms with van der Waals surface area (Å²) in [5.41, 5.74) is 2.34. The van der Waals surface area contributed by atoms with Gasteiger partial charge >= 0.3 is 0 Å². The number of fused-ring (bicyclic) bond motifs is 2. The summed E-state index contributed by atoms with van der Waals surface area (Å²) in [5.74, 6) is -0.788. The zero-order valence-electron chi connectivity index (χ0n) is 15.7. The topological polar surface area (TPSA) is 78.0 Å². The second-order valence-electron chi connectivity index (χ2n) is 7.81. The minimum absolute atomic E-state index is 0.0416. The number of likely N-dealkylation sites (N-methyl/N-ethyl adjacent to an activating group) is 2. The van der Waals surface area contributed by atoms with Crippen molar-refractivity contribution >= 4 is 21.8 Å². The van der Waals surface area contributed by atoms with E-state index in [0.717, 1.165) is 24.8 Å². The van der Waals surface area contributed by atoms with E-state index in [4.69, 9.17) is 0 Å². The number of carbonyl (C=O) groups excluding carboxylic acids is 2. The van der Waals surface area contributed by atoms with Crippen LogP contribution in [0.5, 0.6) is 0 Å². The second-order valence-corrected chi connectivity index (χ2v) is 9.75. The third kappa shape index (κ3) is 3.04. The van der Waals surface area contributed by atoms with Crippen LogP contribution in [-0.2, 0) is 32.5 Å². The van der Waals surface area contributed by atoms with Crippen molar-refractivity contribution in [3.8, 4) is 0 Å². The Kier molecular flexibility index (Phi) is 4.50. The molecule has 1 aromatic rings. The van der Waals surface area contributed by atoms with Gasteiger partial charge in [0.2, 0.25) is 21.8 Å². The van der Waals surface area contributed by atoms with Crippen molar-refractivity contribution in [1.82, 2.24) is 14.1 Å². The van der Waals surface area contributed by atoms with Crippen LogP contribution in [0.1, 0.15) is 24.0 Å². The first-order chi connectivity index (χ1) is 12.8. The Hall–Kier alpha value is -1.93. The predicted octanol–water partition coefficient (Wildman–Crippen LogP) is 0.485. The van der Waals surface area contributed by atoms with E-state index in [2.05, 4.69) is 0 Å². The number of aryl methyl sites for hydroxylation is 2. The molecule has 3 aliphatic rings. The molecule has 2 fully saturated rings. The average Bonchev–Trinajstić information content (AvgIpc) is 3.11. The van der Waals surface area contributed by atoms with Gasteiger partial charge in [-0.15, -0.1) is 0 Å². The molecule has 27 heavy (non-hydrogen) atoms. The van der Waals surface area contributed by atoms with Gasteiger partial charge in [0.15, 0.2) is 0 Å². The number of nitrogens with zero attached hydrogens (tertiary/aromatic N) is 3. The Morgan fingerprint density at radius 1 is 1.07 bits per heavy atom. The van der Waals surface area contributed by atoms with Crippen molar-refractivity contribution in [3.05, 3.63) is 29.3 Å². The quantitative estimate of drug-likeness (QED) is 0.735. The molecule has 1 aliphatic carbocycles. The van der Waals surface area contributed by atoms with Crippen molar-refractivity contribution in [2.75, 3.05) is 33.7 Å². The van der Waals surface area contributed by atoms with Crippen molar-refractivity contribution in [2.45, 2.75) is 36.6 Å². The van der Waals surface area contributed by atoms with Crippen molar-refractivity contribution in [2.24, 2.45) is 5.92 Å². The Labute approximate surface area is 160 Å². The third-order valence-electron chi connectivity index (χ3n) is 6.20. The summed E-state index contributed by atoms with van der Waals surface area (Å²) < 4.78 is 27.8. The molecule has 0 radical (unpaired) electrons. The first kappa shape index (κ1) is 18.4. The SMILES string of the molecule is CN1CC(=O)N(C)[C@@H]2CCN(S(=O)(=O)c3ccc4c(c3)CCC4)C[C@@H]2C1=O. The van der Waals surface area contributed by atoms with Crippen LogP contribution in [0.3, 0.4) is 0 Å². The number of benzene rings is 1. The summed E-state index contributed by atoms with van der Waals surface area (Å²) in [6.45, 7) is 0.472. The maximum Gasteiger partial charge on any atom is 0.243 e. The van der Waals surface area contributed by atoms with Crippen molar-refractivity contribution < 1.29 is 18.0 Å². The first-order valence-electron chi connectivity index (χ1n) is 9.41. The summed E-state index contributed by atoms with van der Waals surface area (Å²) in [6.07, 6.45) is 3.45. The number of amides is 2. The minimum atomic E-state index is -3.66. The summed E-state index contributed by atoms with van der Waals surface area (Å²) >= 11 is 0. The molecule has 1 aromatic carbocycles. The lowest BCUT2D eigenvalue weighted by Gasteiger charge is -2.39. The average molecular weight is 391 g/mol. The van der Waals surface area contributed by atoms with E-state index in [1.165, 1.54) is 14.8 Å². The van der Waals surface area contributed by atoms with Gasteiger partial charge in [0, 0.05) is 33.2 Å². The van der Waals surface area contributed by atoms with Crippen LogP contribution in [0, 0.1) is 5.92 Å². The van der Waals surface area contributed by atoms with Gasteiger partial charge in [-0.2, -0.15) is 4.31 Å². The lowest BCUT2D eigenvalue weighted by molar-refractivity contribution is -0.136. The molecule has 0 unspecified atom stereocenters. The smallest absolute Gasteiger partial charge is 0.243 e. The molecule has 2 saturated heterocycles. The molecule has 0 N–H and O–H groups in total. The number of hydrogen-bond acceptors (Lipinski definition) is 4. The molecular weight excluding hydrogens is 366 g/mol. The van der Waals surface area contributed by atoms with E-state index in [1.807, 2.05) is 6.07 Å². The molecule has 0 spiro atoms. The summed E-state index contributed by atoms with van der Waals surface area (Å²) in [6, 6.07) is 5.14. The number of hydrogen-bond donors (Lipinski definition) is 0. The summed E-state index contributed by atoms with van der Waals surface area (Å²) in [7, 11) is -0.352. The molecule has 0 saturated carbocycles. The standard InChI is InChI=1S/C19H25N3O4S/c1-20-12-18(23)21(2)17-8-9-22(11-16(17)19(20)24)27(25,26)15-7-6-13-4-3-5-14(13)10-15/h6-7,10,16-17H,3-5,8-9,11-12H2,1-2H3/t16-,17+/m0/s1. The van der Waals surface area contributed by atoms with Crippen LogP contribution in [0.25, 0.3) is 0 Å². The Bertz CT molecular complexity index is 898. The largest absolute Gasteiger partial charge is 0.340 e. The zero-order valence-corrected chi connectivity index (χ0v) is 16.5. The van der Waals surface area contributed by atoms with Crippen LogP contribution in [0.15, 0.2) is 23.1 Å². The van der Waals surface area contributed by atoms with E-state index in [0.29, 0.717) is 17.9 Å². The van der Waals surface area contributed by atoms with Gasteiger partial charge in [-0.3, -0.25) is 9.59 Å². The molecule has 146 valence electrons. The molecule has 2 amide bonds. The molecule has 2 heterocycles. The highest BCUT2D eigenvalue weighted by Gasteiger charge is 2.45. The highest BCUT2D eigenvalue weighted by atomic mass is 32.2. The predicted molar refractivity (Wildman–Crippen MR) is 99.5 cm³/mol. The first-order valence-corrected chi connectivity index (χ1v) is 10.9. The monoisotopic (exact) mass is 391 g/mol. The maximum absolute atomic E-state index is 13.2. The zero-order chi connectivity index (χ0) is 19.3. The fraction of sp³-hybridized carbons (Fsp3) is 0.579. The molecular formula is C19H25N3O4S. The van der Waals surface area contributed by atoms with Crippen LogP contribution >= 0.6 is 0 Å². The van der Waals surface area contributed by atoms with Crippen molar-refractivity contribution in [1.29, 1.82) is 0 Å². The Balaban J connectivity index is 1.62.